The Balaban J connectivity index is 1.77. The molecule has 0 aliphatic heterocycles. The Hall–Kier alpha value is -2.83. The molecule has 7 heteroatoms. The Morgan fingerprint density at radius 2 is 1.67 bits per heavy atom. The standard InChI is InChI=1S/C17H15F3N2O2/c18-12-5-6-13(15(20)9-12)17(24)22-10-16(23)21-8-7-11-3-1-2-4-14(11)19/h1-6,9H,7-8,10H2,(H,21,23)(H,22,24). The zero-order valence-electron chi connectivity index (χ0n) is 12.6. The molecule has 24 heavy (non-hydrogen) atoms. The maximum absolute atomic E-state index is 13.4. The Morgan fingerprint density at radius 3 is 2.38 bits per heavy atom. The molecule has 0 saturated carbocycles. The molecule has 2 N–H and O–H groups in total. The predicted octanol–water partition coefficient (Wildman–Crippen LogP) is 2.19. The second-order valence-corrected chi connectivity index (χ2v) is 5.00. The molecule has 2 aromatic carbocycles. The molecular formula is C17H15F3N2O2. The third-order valence-corrected chi connectivity index (χ3v) is 3.26. The van der Waals surface area contributed by atoms with Crippen LogP contribution in [0.3, 0.4) is 0 Å². The average Bonchev–Trinajstić information content (AvgIpc) is 2.54. The van der Waals surface area contributed by atoms with E-state index in [0.29, 0.717) is 18.1 Å². The summed E-state index contributed by atoms with van der Waals surface area (Å²) in [4.78, 5) is 23.3. The van der Waals surface area contributed by atoms with E-state index in [4.69, 9.17) is 0 Å². The predicted molar refractivity (Wildman–Crippen MR) is 81.8 cm³/mol. The van der Waals surface area contributed by atoms with E-state index < -0.39 is 23.4 Å². The van der Waals surface area contributed by atoms with Crippen molar-refractivity contribution in [1.29, 1.82) is 0 Å². The van der Waals surface area contributed by atoms with Gasteiger partial charge in [0.1, 0.15) is 17.5 Å². The van der Waals surface area contributed by atoms with E-state index in [2.05, 4.69) is 10.6 Å². The van der Waals surface area contributed by atoms with Crippen LogP contribution >= 0.6 is 0 Å². The maximum Gasteiger partial charge on any atom is 0.254 e. The summed E-state index contributed by atoms with van der Waals surface area (Å²) >= 11 is 0. The fraction of sp³-hybridized carbons (Fsp3) is 0.176. The first-order valence-electron chi connectivity index (χ1n) is 7.20. The highest BCUT2D eigenvalue weighted by Crippen LogP contribution is 2.09. The Morgan fingerprint density at radius 1 is 0.917 bits per heavy atom. The molecule has 0 unspecified atom stereocenters. The van der Waals surface area contributed by atoms with Crippen LogP contribution in [0.1, 0.15) is 15.9 Å². The van der Waals surface area contributed by atoms with Gasteiger partial charge in [-0.05, 0) is 30.2 Å². The summed E-state index contributed by atoms with van der Waals surface area (Å²) in [5, 5.41) is 4.75. The summed E-state index contributed by atoms with van der Waals surface area (Å²) in [7, 11) is 0. The van der Waals surface area contributed by atoms with Crippen molar-refractivity contribution in [3.63, 3.8) is 0 Å². The van der Waals surface area contributed by atoms with Crippen molar-refractivity contribution in [3.05, 3.63) is 71.0 Å². The highest BCUT2D eigenvalue weighted by atomic mass is 19.1. The quantitative estimate of drug-likeness (QED) is 0.850. The van der Waals surface area contributed by atoms with E-state index in [9.17, 15) is 22.8 Å². The Labute approximate surface area is 136 Å². The highest BCUT2D eigenvalue weighted by molar-refractivity contribution is 5.96. The van der Waals surface area contributed by atoms with Gasteiger partial charge in [-0.3, -0.25) is 9.59 Å². The molecule has 0 fully saturated rings. The van der Waals surface area contributed by atoms with Crippen LogP contribution in [-0.4, -0.2) is 24.9 Å². The topological polar surface area (TPSA) is 58.2 Å². The van der Waals surface area contributed by atoms with E-state index in [0.717, 1.165) is 12.1 Å². The van der Waals surface area contributed by atoms with Crippen molar-refractivity contribution >= 4 is 11.8 Å². The molecule has 126 valence electrons. The van der Waals surface area contributed by atoms with Crippen molar-refractivity contribution in [1.82, 2.24) is 10.6 Å². The second-order valence-electron chi connectivity index (χ2n) is 5.00. The minimum absolute atomic E-state index is 0.195. The number of benzene rings is 2. The summed E-state index contributed by atoms with van der Waals surface area (Å²) in [6.45, 7) is -0.173. The number of rotatable bonds is 6. The molecule has 0 bridgehead atoms. The average molecular weight is 336 g/mol. The molecule has 0 radical (unpaired) electrons. The molecular weight excluding hydrogens is 321 g/mol. The van der Waals surface area contributed by atoms with Gasteiger partial charge in [0.15, 0.2) is 0 Å². The number of nitrogens with one attached hydrogen (secondary N) is 2. The summed E-state index contributed by atoms with van der Waals surface area (Å²) < 4.78 is 39.6. The Bertz CT molecular complexity index is 750. The van der Waals surface area contributed by atoms with Gasteiger partial charge in [-0.25, -0.2) is 13.2 Å². The van der Waals surface area contributed by atoms with Gasteiger partial charge in [0.25, 0.3) is 5.91 Å². The number of hydrogen-bond acceptors (Lipinski definition) is 2. The van der Waals surface area contributed by atoms with Crippen LogP contribution in [0.5, 0.6) is 0 Å². The lowest BCUT2D eigenvalue weighted by Crippen LogP contribution is -2.38. The molecule has 0 saturated heterocycles. The number of hydrogen-bond donors (Lipinski definition) is 2. The molecule has 0 spiro atoms. The number of amides is 2. The smallest absolute Gasteiger partial charge is 0.254 e. The normalized spacial score (nSPS) is 10.3. The van der Waals surface area contributed by atoms with E-state index in [-0.39, 0.29) is 24.5 Å². The summed E-state index contributed by atoms with van der Waals surface area (Å²) in [5.74, 6) is -3.48. The van der Waals surface area contributed by atoms with E-state index in [1.54, 1.807) is 18.2 Å². The third-order valence-electron chi connectivity index (χ3n) is 3.26. The number of halogens is 3. The maximum atomic E-state index is 13.4. The molecule has 0 aliphatic rings. The zero-order valence-corrected chi connectivity index (χ0v) is 12.6. The zero-order chi connectivity index (χ0) is 17.5. The first-order valence-corrected chi connectivity index (χ1v) is 7.20. The van der Waals surface area contributed by atoms with E-state index in [1.165, 1.54) is 6.07 Å². The van der Waals surface area contributed by atoms with Gasteiger partial charge in [0, 0.05) is 12.6 Å². The van der Waals surface area contributed by atoms with E-state index in [1.807, 2.05) is 0 Å². The van der Waals surface area contributed by atoms with Crippen LogP contribution in [0, 0.1) is 17.5 Å². The van der Waals surface area contributed by atoms with Crippen LogP contribution in [0.2, 0.25) is 0 Å². The van der Waals surface area contributed by atoms with Crippen LogP contribution < -0.4 is 10.6 Å². The van der Waals surface area contributed by atoms with Crippen molar-refractivity contribution in [3.8, 4) is 0 Å². The molecule has 0 atom stereocenters. The first kappa shape index (κ1) is 17.5. The van der Waals surface area contributed by atoms with Crippen molar-refractivity contribution in [2.75, 3.05) is 13.1 Å². The fourth-order valence-corrected chi connectivity index (χ4v) is 2.03. The molecule has 2 amide bonds. The lowest BCUT2D eigenvalue weighted by molar-refractivity contribution is -0.120. The monoisotopic (exact) mass is 336 g/mol. The largest absolute Gasteiger partial charge is 0.354 e. The highest BCUT2D eigenvalue weighted by Gasteiger charge is 2.13. The van der Waals surface area contributed by atoms with Gasteiger partial charge in [0.2, 0.25) is 5.91 Å². The molecule has 2 aromatic rings. The third kappa shape index (κ3) is 4.84. The van der Waals surface area contributed by atoms with Gasteiger partial charge in [-0.1, -0.05) is 18.2 Å². The summed E-state index contributed by atoms with van der Waals surface area (Å²) in [6.07, 6.45) is 0.305. The van der Waals surface area contributed by atoms with Crippen molar-refractivity contribution in [2.45, 2.75) is 6.42 Å². The van der Waals surface area contributed by atoms with Gasteiger partial charge < -0.3 is 10.6 Å². The molecule has 2 rings (SSSR count). The summed E-state index contributed by atoms with van der Waals surface area (Å²) in [5.41, 5.74) is 0.116. The second kappa shape index (κ2) is 8.14. The van der Waals surface area contributed by atoms with Crippen LogP contribution in [0.4, 0.5) is 13.2 Å². The van der Waals surface area contributed by atoms with Crippen molar-refractivity contribution in [2.24, 2.45) is 0 Å². The lowest BCUT2D eigenvalue weighted by atomic mass is 10.1. The fourth-order valence-electron chi connectivity index (χ4n) is 2.03. The van der Waals surface area contributed by atoms with Crippen molar-refractivity contribution < 1.29 is 22.8 Å². The number of carbonyl (C=O) groups is 2. The van der Waals surface area contributed by atoms with Crippen LogP contribution in [-0.2, 0) is 11.2 Å². The SMILES string of the molecule is O=C(CNC(=O)c1ccc(F)cc1F)NCCc1ccccc1F. The minimum atomic E-state index is -1.01. The van der Waals surface area contributed by atoms with Crippen LogP contribution in [0.15, 0.2) is 42.5 Å². The van der Waals surface area contributed by atoms with Gasteiger partial charge in [-0.15, -0.1) is 0 Å². The Kier molecular flexibility index (Phi) is 5.95. The molecule has 0 heterocycles. The van der Waals surface area contributed by atoms with E-state index >= 15 is 0 Å². The molecule has 0 aliphatic carbocycles. The minimum Gasteiger partial charge on any atom is -0.354 e. The number of carbonyl (C=O) groups excluding carboxylic acids is 2. The molecule has 4 nitrogen and oxygen atoms in total. The van der Waals surface area contributed by atoms with Gasteiger partial charge >= 0.3 is 0 Å². The van der Waals surface area contributed by atoms with Crippen LogP contribution in [0.25, 0.3) is 0 Å². The summed E-state index contributed by atoms with van der Waals surface area (Å²) in [6, 6.07) is 8.74. The molecule has 0 aromatic heterocycles. The van der Waals surface area contributed by atoms with Gasteiger partial charge in [0.05, 0.1) is 12.1 Å². The lowest BCUT2D eigenvalue weighted by Gasteiger charge is -2.08. The first-order chi connectivity index (χ1) is 11.5. The van der Waals surface area contributed by atoms with Gasteiger partial charge in [-0.2, -0.15) is 0 Å².